The maximum absolute atomic E-state index is 12.9. The van der Waals surface area contributed by atoms with Gasteiger partial charge in [0.2, 0.25) is 11.8 Å². The molecule has 2 unspecified atom stereocenters. The van der Waals surface area contributed by atoms with Gasteiger partial charge in [0, 0.05) is 33.8 Å². The topological polar surface area (TPSA) is 117 Å². The van der Waals surface area contributed by atoms with E-state index in [1.165, 1.54) is 15.4 Å². The molecule has 0 radical (unpaired) electrons. The highest BCUT2D eigenvalue weighted by Crippen LogP contribution is 2.33. The number of nitrogens with one attached hydrogen (secondary N) is 2. The van der Waals surface area contributed by atoms with Crippen molar-refractivity contribution in [2.75, 3.05) is 30.0 Å². The van der Waals surface area contributed by atoms with Gasteiger partial charge in [0.15, 0.2) is 0 Å². The van der Waals surface area contributed by atoms with E-state index in [1.54, 1.807) is 16.7 Å². The summed E-state index contributed by atoms with van der Waals surface area (Å²) in [5.41, 5.74) is 4.62. The summed E-state index contributed by atoms with van der Waals surface area (Å²) in [7, 11) is 0. The van der Waals surface area contributed by atoms with Crippen molar-refractivity contribution in [3.63, 3.8) is 0 Å². The van der Waals surface area contributed by atoms with Gasteiger partial charge in [-0.05, 0) is 146 Å². The third-order valence-electron chi connectivity index (χ3n) is 8.72. The van der Waals surface area contributed by atoms with Crippen LogP contribution in [0, 0.1) is 13.8 Å². The first-order valence-corrected chi connectivity index (χ1v) is 20.0. The molecule has 0 spiro atoms. The smallest absolute Gasteiger partial charge is 0.410 e. The normalized spacial score (nSPS) is 17.1. The van der Waals surface area contributed by atoms with Crippen molar-refractivity contribution in [3.05, 3.63) is 76.3 Å². The molecule has 10 nitrogen and oxygen atoms in total. The minimum absolute atomic E-state index is 0.168. The Labute approximate surface area is 326 Å². The van der Waals surface area contributed by atoms with Crippen LogP contribution in [0.2, 0.25) is 0 Å². The molecule has 12 heteroatoms. The van der Waals surface area contributed by atoms with Gasteiger partial charge in [0.1, 0.15) is 23.3 Å². The number of nitrogens with zero attached hydrogens (tertiary/aromatic N) is 2. The molecule has 2 aliphatic heterocycles. The van der Waals surface area contributed by atoms with Crippen molar-refractivity contribution < 1.29 is 28.7 Å². The summed E-state index contributed by atoms with van der Waals surface area (Å²) in [5.74, 6) is -0.336. The lowest BCUT2D eigenvalue weighted by molar-refractivity contribution is -0.121. The molecule has 4 amide bonds. The van der Waals surface area contributed by atoms with Crippen LogP contribution in [0.25, 0.3) is 11.1 Å². The predicted octanol–water partition coefficient (Wildman–Crippen LogP) is 9.82. The minimum atomic E-state index is -0.583. The number of carbonyl (C=O) groups excluding carboxylic acids is 4. The van der Waals surface area contributed by atoms with Crippen molar-refractivity contribution >= 4 is 63.1 Å². The first-order chi connectivity index (χ1) is 24.9. The van der Waals surface area contributed by atoms with Gasteiger partial charge in [-0.1, -0.05) is 40.2 Å². The Kier molecular flexibility index (Phi) is 14.1. The molecular weight excluding hydrogens is 756 g/mol. The fraction of sp³-hybridized carbons (Fsp3) is 0.463. The molecular formula is C41H53BrN4O6S. The lowest BCUT2D eigenvalue weighted by atomic mass is 10.0. The van der Waals surface area contributed by atoms with E-state index < -0.39 is 35.5 Å². The van der Waals surface area contributed by atoms with E-state index in [1.807, 2.05) is 97.9 Å². The number of hydrogen-bond donors (Lipinski definition) is 2. The molecule has 2 heterocycles. The number of anilines is 2. The molecule has 3 aromatic rings. The van der Waals surface area contributed by atoms with Crippen molar-refractivity contribution in [2.45, 2.75) is 109 Å². The highest BCUT2D eigenvalue weighted by Gasteiger charge is 2.38. The molecule has 3 aromatic carbocycles. The van der Waals surface area contributed by atoms with Crippen LogP contribution in [0.5, 0.6) is 0 Å². The Morgan fingerprint density at radius 3 is 1.64 bits per heavy atom. The standard InChI is InChI=1S/C24H30N2O3S.C17H23BrN2O3/c1-16-15-17(18-9-6-7-11-21(18)30-5)12-13-19(16)25-22(27)20-10-8-14-26(20)23(28)29-24(2,3)4;1-11-10-12(18)7-8-13(11)19-15(21)14-6-5-9-20(14)16(22)23-17(2,3)4/h6-7,9,11-13,15,20H,8,10,14H2,1-5H3,(H,25,27);7-8,10,14H,5-6,9H2,1-4H3,(H,19,21). The van der Waals surface area contributed by atoms with Gasteiger partial charge >= 0.3 is 12.2 Å². The van der Waals surface area contributed by atoms with Crippen molar-refractivity contribution in [1.29, 1.82) is 0 Å². The fourth-order valence-corrected chi connectivity index (χ4v) is 7.31. The first kappa shape index (κ1) is 41.7. The second kappa shape index (κ2) is 17.9. The van der Waals surface area contributed by atoms with E-state index in [4.69, 9.17) is 9.47 Å². The number of hydrogen-bond acceptors (Lipinski definition) is 7. The number of amides is 4. The third kappa shape index (κ3) is 11.7. The average Bonchev–Trinajstić information content (AvgIpc) is 3.77. The molecule has 2 aliphatic rings. The van der Waals surface area contributed by atoms with E-state index in [-0.39, 0.29) is 11.8 Å². The third-order valence-corrected chi connectivity index (χ3v) is 10.0. The van der Waals surface area contributed by atoms with Crippen molar-refractivity contribution in [2.24, 2.45) is 0 Å². The Balaban J connectivity index is 0.000000245. The zero-order valence-electron chi connectivity index (χ0n) is 32.3. The first-order valence-electron chi connectivity index (χ1n) is 18.0. The van der Waals surface area contributed by atoms with Crippen LogP contribution in [0.1, 0.15) is 78.4 Å². The van der Waals surface area contributed by atoms with Gasteiger partial charge in [-0.15, -0.1) is 11.8 Å². The lowest BCUT2D eigenvalue weighted by Crippen LogP contribution is -2.45. The van der Waals surface area contributed by atoms with Gasteiger partial charge in [-0.3, -0.25) is 19.4 Å². The summed E-state index contributed by atoms with van der Waals surface area (Å²) < 4.78 is 11.8. The summed E-state index contributed by atoms with van der Waals surface area (Å²) in [4.78, 5) is 54.5. The zero-order chi connectivity index (χ0) is 39.1. The van der Waals surface area contributed by atoms with E-state index in [9.17, 15) is 19.2 Å². The molecule has 0 saturated carbocycles. The Morgan fingerprint density at radius 1 is 0.717 bits per heavy atom. The number of benzene rings is 3. The van der Waals surface area contributed by atoms with Crippen LogP contribution in [0.15, 0.2) is 70.0 Å². The number of likely N-dealkylation sites (tertiary alicyclic amines) is 2. The van der Waals surface area contributed by atoms with Gasteiger partial charge < -0.3 is 20.1 Å². The van der Waals surface area contributed by atoms with Crippen LogP contribution in [-0.2, 0) is 19.1 Å². The fourth-order valence-electron chi connectivity index (χ4n) is 6.21. The molecule has 0 bridgehead atoms. The SMILES string of the molecule is CSc1ccccc1-c1ccc(NC(=O)C2CCCN2C(=O)OC(C)(C)C)c(C)c1.Cc1cc(Br)ccc1NC(=O)C1CCCN1C(=O)OC(C)(C)C. The van der Waals surface area contributed by atoms with E-state index in [2.05, 4.69) is 51.0 Å². The predicted molar refractivity (Wildman–Crippen MR) is 216 cm³/mol. The van der Waals surface area contributed by atoms with Crippen molar-refractivity contribution in [1.82, 2.24) is 9.80 Å². The number of aryl methyl sites for hydroxylation is 2. The minimum Gasteiger partial charge on any atom is -0.444 e. The quantitative estimate of drug-likeness (QED) is 0.238. The summed E-state index contributed by atoms with van der Waals surface area (Å²) >= 11 is 5.12. The summed E-state index contributed by atoms with van der Waals surface area (Å²) in [6, 6.07) is 19.0. The summed E-state index contributed by atoms with van der Waals surface area (Å²) in [6.07, 6.45) is 4.10. The van der Waals surface area contributed by atoms with Crippen LogP contribution in [0.3, 0.4) is 0 Å². The molecule has 0 aromatic heterocycles. The van der Waals surface area contributed by atoms with Crippen molar-refractivity contribution in [3.8, 4) is 11.1 Å². The molecule has 2 saturated heterocycles. The summed E-state index contributed by atoms with van der Waals surface area (Å²) in [6.45, 7) is 16.0. The number of rotatable bonds is 6. The molecule has 0 aliphatic carbocycles. The molecule has 286 valence electrons. The van der Waals surface area contributed by atoms with E-state index >= 15 is 0 Å². The Hall–Kier alpha value is -4.03. The molecule has 53 heavy (non-hydrogen) atoms. The maximum atomic E-state index is 12.9. The Bertz CT molecular complexity index is 1800. The molecule has 5 rings (SSSR count). The van der Waals surface area contributed by atoms with Gasteiger partial charge in [0.05, 0.1) is 0 Å². The highest BCUT2D eigenvalue weighted by molar-refractivity contribution is 9.10. The van der Waals surface area contributed by atoms with Gasteiger partial charge in [-0.2, -0.15) is 0 Å². The number of carbonyl (C=O) groups is 4. The van der Waals surface area contributed by atoms with E-state index in [0.717, 1.165) is 45.4 Å². The summed E-state index contributed by atoms with van der Waals surface area (Å²) in [5, 5.41) is 5.93. The number of halogens is 1. The maximum Gasteiger partial charge on any atom is 0.410 e. The second-order valence-corrected chi connectivity index (χ2v) is 17.1. The Morgan fingerprint density at radius 2 is 1.19 bits per heavy atom. The molecule has 2 fully saturated rings. The number of thioether (sulfide) groups is 1. The second-order valence-electron chi connectivity index (χ2n) is 15.3. The lowest BCUT2D eigenvalue weighted by Gasteiger charge is -2.28. The molecule has 2 N–H and O–H groups in total. The van der Waals surface area contributed by atoms with Crippen LogP contribution in [0.4, 0.5) is 21.0 Å². The van der Waals surface area contributed by atoms with Crippen LogP contribution < -0.4 is 10.6 Å². The average molecular weight is 810 g/mol. The zero-order valence-corrected chi connectivity index (χ0v) is 34.7. The van der Waals surface area contributed by atoms with Crippen LogP contribution in [-0.4, -0.2) is 76.4 Å². The van der Waals surface area contributed by atoms with Gasteiger partial charge in [0.25, 0.3) is 0 Å². The monoisotopic (exact) mass is 808 g/mol. The largest absolute Gasteiger partial charge is 0.444 e. The number of ether oxygens (including phenoxy) is 2. The van der Waals surface area contributed by atoms with E-state index in [0.29, 0.717) is 25.9 Å². The highest BCUT2D eigenvalue weighted by atomic mass is 79.9. The van der Waals surface area contributed by atoms with Gasteiger partial charge in [-0.25, -0.2) is 9.59 Å². The molecule has 2 atom stereocenters. The van der Waals surface area contributed by atoms with Crippen LogP contribution >= 0.6 is 27.7 Å².